The minimum absolute atomic E-state index is 0.107. The Labute approximate surface area is 214 Å². The van der Waals surface area contributed by atoms with Crippen LogP contribution in [0.2, 0.25) is 0 Å². The van der Waals surface area contributed by atoms with Crippen LogP contribution in [0.25, 0.3) is 21.3 Å². The molecule has 2 aliphatic rings. The zero-order chi connectivity index (χ0) is 25.1. The molecule has 7 heteroatoms. The van der Waals surface area contributed by atoms with E-state index in [0.717, 1.165) is 45.3 Å². The minimum atomic E-state index is -0.431. The predicted octanol–water partition coefficient (Wildman–Crippen LogP) is 5.55. The maximum absolute atomic E-state index is 13.3. The number of carbonyl (C=O) groups is 1. The quantitative estimate of drug-likeness (QED) is 0.378. The molecule has 4 aromatic rings. The smallest absolute Gasteiger partial charge is 0.252 e. The number of aromatic nitrogens is 1. The standard InChI is InChI=1S/C26H21N3O2S.C3H7N/c1-16-5-6-18(31-2)14-21(16)25(30)29-26(9-10-26)22-12-17(24-8-7-19(15-27)32-24)13-23-20(22)4-3-11-28-23;1-2-4-3-1/h3-8,11-14H,9-10H2,1-2H3,(H,29,30);4H,1-3H2. The van der Waals surface area contributed by atoms with E-state index in [1.807, 2.05) is 37.3 Å². The molecule has 3 heterocycles. The highest BCUT2D eigenvalue weighted by Crippen LogP contribution is 2.49. The monoisotopic (exact) mass is 496 g/mol. The maximum atomic E-state index is 13.3. The number of hydrogen-bond acceptors (Lipinski definition) is 6. The molecule has 2 N–H and O–H groups in total. The topological polar surface area (TPSA) is 87.0 Å². The largest absolute Gasteiger partial charge is 0.497 e. The Hall–Kier alpha value is -3.73. The molecular weight excluding hydrogens is 468 g/mol. The number of aryl methyl sites for hydroxylation is 1. The lowest BCUT2D eigenvalue weighted by atomic mass is 9.95. The number of methoxy groups -OCH3 is 1. The van der Waals surface area contributed by atoms with E-state index in [0.29, 0.717) is 16.2 Å². The third-order valence-corrected chi connectivity index (χ3v) is 7.78. The van der Waals surface area contributed by atoms with Gasteiger partial charge in [0.05, 0.1) is 18.2 Å². The zero-order valence-corrected chi connectivity index (χ0v) is 21.2. The van der Waals surface area contributed by atoms with Crippen LogP contribution in [0.4, 0.5) is 0 Å². The first-order valence-corrected chi connectivity index (χ1v) is 12.9. The summed E-state index contributed by atoms with van der Waals surface area (Å²) in [6.45, 7) is 4.43. The third-order valence-electron chi connectivity index (χ3n) is 6.74. The average Bonchev–Trinajstić information content (AvgIpc) is 3.47. The van der Waals surface area contributed by atoms with E-state index in [1.165, 1.54) is 30.8 Å². The van der Waals surface area contributed by atoms with Gasteiger partial charge < -0.3 is 15.4 Å². The number of nitriles is 1. The highest BCUT2D eigenvalue weighted by atomic mass is 32.1. The van der Waals surface area contributed by atoms with Crippen molar-refractivity contribution in [2.45, 2.75) is 31.7 Å². The molecule has 2 aromatic carbocycles. The van der Waals surface area contributed by atoms with Gasteiger partial charge in [-0.1, -0.05) is 12.1 Å². The molecule has 0 radical (unpaired) electrons. The van der Waals surface area contributed by atoms with Gasteiger partial charge in [-0.25, -0.2) is 0 Å². The van der Waals surface area contributed by atoms with Gasteiger partial charge in [0.1, 0.15) is 16.7 Å². The van der Waals surface area contributed by atoms with Crippen LogP contribution in [0.15, 0.2) is 60.8 Å². The van der Waals surface area contributed by atoms with Gasteiger partial charge in [0.2, 0.25) is 0 Å². The van der Waals surface area contributed by atoms with Gasteiger partial charge in [-0.2, -0.15) is 5.26 Å². The fourth-order valence-electron chi connectivity index (χ4n) is 4.29. The van der Waals surface area contributed by atoms with Crippen LogP contribution in [0, 0.1) is 18.3 Å². The van der Waals surface area contributed by atoms with E-state index in [2.05, 4.69) is 39.9 Å². The molecule has 0 unspecified atom stereocenters. The van der Waals surface area contributed by atoms with Gasteiger partial charge in [-0.15, -0.1) is 11.3 Å². The van der Waals surface area contributed by atoms with Crippen molar-refractivity contribution in [2.24, 2.45) is 0 Å². The normalized spacial score (nSPS) is 15.1. The lowest BCUT2D eigenvalue weighted by molar-refractivity contribution is 0.0930. The van der Waals surface area contributed by atoms with E-state index in [-0.39, 0.29) is 5.91 Å². The van der Waals surface area contributed by atoms with Crippen LogP contribution < -0.4 is 15.4 Å². The molecule has 0 spiro atoms. The molecule has 1 saturated carbocycles. The van der Waals surface area contributed by atoms with E-state index >= 15 is 0 Å². The number of nitrogens with zero attached hydrogens (tertiary/aromatic N) is 2. The number of carbonyl (C=O) groups excluding carboxylic acids is 1. The van der Waals surface area contributed by atoms with Crippen molar-refractivity contribution in [3.05, 3.63) is 82.4 Å². The molecule has 1 aliphatic carbocycles. The predicted molar refractivity (Wildman–Crippen MR) is 143 cm³/mol. The van der Waals surface area contributed by atoms with Crippen LogP contribution in [-0.4, -0.2) is 31.1 Å². The number of fused-ring (bicyclic) bond motifs is 1. The van der Waals surface area contributed by atoms with Gasteiger partial charge in [0, 0.05) is 22.0 Å². The van der Waals surface area contributed by atoms with E-state index in [1.54, 1.807) is 19.4 Å². The first-order chi connectivity index (χ1) is 17.5. The molecule has 2 fully saturated rings. The highest BCUT2D eigenvalue weighted by Gasteiger charge is 2.47. The van der Waals surface area contributed by atoms with Crippen LogP contribution in [0.5, 0.6) is 5.75 Å². The summed E-state index contributed by atoms with van der Waals surface area (Å²) in [5.41, 5.74) is 4.05. The Morgan fingerprint density at radius 3 is 2.58 bits per heavy atom. The van der Waals surface area contributed by atoms with Gasteiger partial charge in [0.25, 0.3) is 5.91 Å². The van der Waals surface area contributed by atoms with E-state index in [9.17, 15) is 10.1 Å². The summed E-state index contributed by atoms with van der Waals surface area (Å²) in [6, 6.07) is 19.7. The summed E-state index contributed by atoms with van der Waals surface area (Å²) in [5.74, 6) is 0.553. The second-order valence-corrected chi connectivity index (χ2v) is 10.3. The Morgan fingerprint density at radius 2 is 1.94 bits per heavy atom. The summed E-state index contributed by atoms with van der Waals surface area (Å²) in [5, 5.41) is 16.7. The first kappa shape index (κ1) is 24.0. The van der Waals surface area contributed by atoms with Gasteiger partial charge in [-0.3, -0.25) is 9.78 Å². The molecule has 1 aliphatic heterocycles. The number of nitrogens with one attached hydrogen (secondary N) is 2. The number of amides is 1. The molecule has 36 heavy (non-hydrogen) atoms. The number of pyridine rings is 1. The first-order valence-electron chi connectivity index (χ1n) is 12.1. The van der Waals surface area contributed by atoms with E-state index in [4.69, 9.17) is 4.74 Å². The molecule has 0 atom stereocenters. The summed E-state index contributed by atoms with van der Waals surface area (Å²) < 4.78 is 5.31. The van der Waals surface area contributed by atoms with Crippen molar-refractivity contribution in [3.8, 4) is 22.3 Å². The molecule has 1 saturated heterocycles. The van der Waals surface area contributed by atoms with Crippen molar-refractivity contribution in [1.29, 1.82) is 5.26 Å². The van der Waals surface area contributed by atoms with Gasteiger partial charge in [0.15, 0.2) is 0 Å². The fraction of sp³-hybridized carbons (Fsp3) is 0.276. The van der Waals surface area contributed by atoms with Crippen LogP contribution in [-0.2, 0) is 5.54 Å². The number of thiophene rings is 1. The molecule has 6 nitrogen and oxygen atoms in total. The number of benzene rings is 2. The third kappa shape index (κ3) is 4.83. The summed E-state index contributed by atoms with van der Waals surface area (Å²) >= 11 is 1.46. The second-order valence-electron chi connectivity index (χ2n) is 9.19. The summed E-state index contributed by atoms with van der Waals surface area (Å²) in [6.07, 6.45) is 4.90. The zero-order valence-electron chi connectivity index (χ0n) is 20.4. The van der Waals surface area contributed by atoms with Crippen molar-refractivity contribution in [3.63, 3.8) is 0 Å². The Balaban J connectivity index is 0.000000608. The molecule has 0 bridgehead atoms. The molecule has 2 aromatic heterocycles. The van der Waals surface area contributed by atoms with E-state index < -0.39 is 5.54 Å². The SMILES string of the molecule is C1CNC1.COc1ccc(C)c(C(=O)NC2(c3cc(-c4ccc(C#N)s4)cc4ncccc34)CC2)c1. The number of ether oxygens (including phenoxy) is 1. The molecule has 1 amide bonds. The highest BCUT2D eigenvalue weighted by molar-refractivity contribution is 7.16. The van der Waals surface area contributed by atoms with Crippen molar-refractivity contribution < 1.29 is 9.53 Å². The number of hydrogen-bond donors (Lipinski definition) is 2. The Kier molecular flexibility index (Phi) is 6.73. The Morgan fingerprint density at radius 1 is 1.17 bits per heavy atom. The lowest BCUT2D eigenvalue weighted by Gasteiger charge is -2.22. The number of rotatable bonds is 5. The maximum Gasteiger partial charge on any atom is 0.252 e. The van der Waals surface area contributed by atoms with Crippen LogP contribution in [0.1, 0.15) is 45.6 Å². The minimum Gasteiger partial charge on any atom is -0.497 e. The van der Waals surface area contributed by atoms with Crippen LogP contribution in [0.3, 0.4) is 0 Å². The van der Waals surface area contributed by atoms with Crippen LogP contribution >= 0.6 is 11.3 Å². The molecule has 182 valence electrons. The van der Waals surface area contributed by atoms with Crippen molar-refractivity contribution in [2.75, 3.05) is 20.2 Å². The molecular formula is C29H28N4O2S. The summed E-state index contributed by atoms with van der Waals surface area (Å²) in [7, 11) is 1.60. The lowest BCUT2D eigenvalue weighted by Crippen LogP contribution is -2.35. The van der Waals surface area contributed by atoms with Crippen molar-refractivity contribution >= 4 is 28.1 Å². The van der Waals surface area contributed by atoms with Gasteiger partial charge >= 0.3 is 0 Å². The summed E-state index contributed by atoms with van der Waals surface area (Å²) in [4.78, 5) is 19.5. The van der Waals surface area contributed by atoms with Gasteiger partial charge in [-0.05, 0) is 98.4 Å². The Bertz CT molecular complexity index is 1460. The van der Waals surface area contributed by atoms with Crippen molar-refractivity contribution in [1.82, 2.24) is 15.6 Å². The fourth-order valence-corrected chi connectivity index (χ4v) is 5.09. The molecule has 6 rings (SSSR count). The average molecular weight is 497 g/mol. The second kappa shape index (κ2) is 10.1.